The molecule has 3 aliphatic rings. The summed E-state index contributed by atoms with van der Waals surface area (Å²) in [6.07, 6.45) is 3.77. The molecule has 9 heteroatoms. The van der Waals surface area contributed by atoms with Crippen LogP contribution in [-0.4, -0.2) is 35.7 Å². The smallest absolute Gasteiger partial charge is 0.283 e. The minimum atomic E-state index is -0.617. The average molecular weight is 492 g/mol. The molecule has 1 fully saturated rings. The van der Waals surface area contributed by atoms with Gasteiger partial charge in [-0.3, -0.25) is 4.79 Å². The topological polar surface area (TPSA) is 98.8 Å². The van der Waals surface area contributed by atoms with Gasteiger partial charge in [-0.25, -0.2) is 9.98 Å². The van der Waals surface area contributed by atoms with Gasteiger partial charge >= 0.3 is 0 Å². The lowest BCUT2D eigenvalue weighted by Crippen LogP contribution is -2.54. The molecule has 1 aromatic carbocycles. The van der Waals surface area contributed by atoms with Crippen LogP contribution in [0, 0.1) is 5.92 Å². The second kappa shape index (κ2) is 7.42. The fourth-order valence-corrected chi connectivity index (χ4v) is 5.24. The van der Waals surface area contributed by atoms with E-state index >= 15 is 0 Å². The van der Waals surface area contributed by atoms with Crippen LogP contribution in [0.4, 0.5) is 0 Å². The lowest BCUT2D eigenvalue weighted by molar-refractivity contribution is -0.00194. The number of ether oxygens (including phenoxy) is 2. The standard InChI is InChI=1S/C21H20BrClN4O3/c22-11-1-5-17-14(7-11)21(10-29-20(24)27-21)15-8-13(3-6-18(15)30-17)26-19(28)16-4-2-12(23)9-25-16/h1-2,4-5,7,9,13,15,18H,3,6,8,10H2,(H2,24,27)(H,26,28)/t13-,15+,18+,21+/m0/s1. The summed E-state index contributed by atoms with van der Waals surface area (Å²) in [5, 5.41) is 3.61. The van der Waals surface area contributed by atoms with Gasteiger partial charge < -0.3 is 20.5 Å². The molecule has 0 bridgehead atoms. The Morgan fingerprint density at radius 1 is 1.30 bits per heavy atom. The summed E-state index contributed by atoms with van der Waals surface area (Å²) in [6.45, 7) is 0.367. The van der Waals surface area contributed by atoms with Crippen LogP contribution in [0.15, 0.2) is 46.0 Å². The summed E-state index contributed by atoms with van der Waals surface area (Å²) in [5.74, 6) is 0.627. The molecule has 0 saturated heterocycles. The number of nitrogens with zero attached hydrogens (tertiary/aromatic N) is 2. The third-order valence-electron chi connectivity index (χ3n) is 6.13. The van der Waals surface area contributed by atoms with E-state index in [1.807, 2.05) is 18.2 Å². The van der Waals surface area contributed by atoms with Crippen molar-refractivity contribution < 1.29 is 14.3 Å². The predicted molar refractivity (Wildman–Crippen MR) is 116 cm³/mol. The van der Waals surface area contributed by atoms with Crippen molar-refractivity contribution in [2.24, 2.45) is 16.6 Å². The number of halogens is 2. The first kappa shape index (κ1) is 19.6. The highest BCUT2D eigenvalue weighted by Gasteiger charge is 2.55. The van der Waals surface area contributed by atoms with Gasteiger partial charge in [0.15, 0.2) is 0 Å². The zero-order chi connectivity index (χ0) is 20.9. The molecule has 7 nitrogen and oxygen atoms in total. The number of aliphatic imine (C=N–C) groups is 1. The van der Waals surface area contributed by atoms with Crippen LogP contribution in [0.2, 0.25) is 5.02 Å². The summed E-state index contributed by atoms with van der Waals surface area (Å²) in [5.41, 5.74) is 6.64. The van der Waals surface area contributed by atoms with Crippen LogP contribution in [0.5, 0.6) is 5.75 Å². The number of carbonyl (C=O) groups excluding carboxylic acids is 1. The van der Waals surface area contributed by atoms with E-state index in [0.29, 0.717) is 23.7 Å². The van der Waals surface area contributed by atoms with Crippen molar-refractivity contribution in [1.29, 1.82) is 0 Å². The predicted octanol–water partition coefficient (Wildman–Crippen LogP) is 3.40. The number of benzene rings is 1. The van der Waals surface area contributed by atoms with E-state index in [0.717, 1.165) is 28.6 Å². The summed E-state index contributed by atoms with van der Waals surface area (Å²) in [6, 6.07) is 9.39. The van der Waals surface area contributed by atoms with Gasteiger partial charge in [-0.2, -0.15) is 0 Å². The van der Waals surface area contributed by atoms with Gasteiger partial charge in [-0.05, 0) is 49.6 Å². The first-order chi connectivity index (χ1) is 14.4. The second-order valence-electron chi connectivity index (χ2n) is 7.91. The second-order valence-corrected chi connectivity index (χ2v) is 9.26. The number of amides is 1. The molecule has 0 unspecified atom stereocenters. The quantitative estimate of drug-likeness (QED) is 0.671. The molecule has 1 amide bonds. The third-order valence-corrected chi connectivity index (χ3v) is 6.85. The number of nitrogens with one attached hydrogen (secondary N) is 1. The molecule has 1 spiro atoms. The van der Waals surface area contributed by atoms with E-state index in [1.54, 1.807) is 12.1 Å². The number of hydrogen-bond donors (Lipinski definition) is 2. The van der Waals surface area contributed by atoms with Crippen LogP contribution in [-0.2, 0) is 10.3 Å². The number of rotatable bonds is 2. The van der Waals surface area contributed by atoms with Crippen LogP contribution < -0.4 is 15.8 Å². The number of carbonyl (C=O) groups is 1. The monoisotopic (exact) mass is 490 g/mol. The van der Waals surface area contributed by atoms with Crippen LogP contribution in [0.1, 0.15) is 35.3 Å². The van der Waals surface area contributed by atoms with Gasteiger partial charge in [0.25, 0.3) is 11.9 Å². The van der Waals surface area contributed by atoms with Crippen molar-refractivity contribution in [3.63, 3.8) is 0 Å². The highest BCUT2D eigenvalue weighted by atomic mass is 79.9. The Kier molecular flexibility index (Phi) is 4.86. The molecule has 2 aliphatic heterocycles. The maximum atomic E-state index is 12.7. The van der Waals surface area contributed by atoms with E-state index in [-0.39, 0.29) is 30.0 Å². The van der Waals surface area contributed by atoms with Gasteiger partial charge in [0.05, 0.1) is 5.02 Å². The van der Waals surface area contributed by atoms with Crippen molar-refractivity contribution in [3.8, 4) is 5.75 Å². The molecule has 30 heavy (non-hydrogen) atoms. The zero-order valence-corrected chi connectivity index (χ0v) is 18.3. The average Bonchev–Trinajstić information content (AvgIpc) is 3.12. The Hall–Kier alpha value is -2.32. The van der Waals surface area contributed by atoms with Crippen LogP contribution >= 0.6 is 27.5 Å². The third kappa shape index (κ3) is 3.32. The Morgan fingerprint density at radius 3 is 2.90 bits per heavy atom. The minimum absolute atomic E-state index is 0.0151. The van der Waals surface area contributed by atoms with E-state index < -0.39 is 5.54 Å². The molecule has 3 heterocycles. The Labute approximate surface area is 187 Å². The van der Waals surface area contributed by atoms with Crippen molar-refractivity contribution in [1.82, 2.24) is 10.3 Å². The number of fused-ring (bicyclic) bond motifs is 4. The summed E-state index contributed by atoms with van der Waals surface area (Å²) < 4.78 is 12.9. The number of nitrogens with two attached hydrogens (primary N) is 1. The summed E-state index contributed by atoms with van der Waals surface area (Å²) >= 11 is 9.42. The lowest BCUT2D eigenvalue weighted by Gasteiger charge is -2.48. The fourth-order valence-electron chi connectivity index (χ4n) is 4.77. The SMILES string of the molecule is NC1=N[C@]2(CO1)c1cc(Br)ccc1O[C@@H]1CC[C@H](NC(=O)c3ccc(Cl)cn3)C[C@H]12. The summed E-state index contributed by atoms with van der Waals surface area (Å²) in [4.78, 5) is 21.5. The number of hydrogen-bond acceptors (Lipinski definition) is 6. The van der Waals surface area contributed by atoms with Crippen LogP contribution in [0.25, 0.3) is 0 Å². The van der Waals surface area contributed by atoms with Gasteiger partial charge in [-0.15, -0.1) is 0 Å². The number of pyridine rings is 1. The minimum Gasteiger partial charge on any atom is -0.490 e. The number of amidine groups is 1. The Balaban J connectivity index is 1.43. The highest BCUT2D eigenvalue weighted by Crippen LogP contribution is 2.52. The largest absolute Gasteiger partial charge is 0.490 e. The van der Waals surface area contributed by atoms with E-state index in [1.165, 1.54) is 6.20 Å². The highest BCUT2D eigenvalue weighted by molar-refractivity contribution is 9.10. The molecule has 2 aromatic rings. The van der Waals surface area contributed by atoms with Crippen molar-refractivity contribution in [2.45, 2.75) is 36.9 Å². The molecule has 0 radical (unpaired) electrons. The molecule has 3 N–H and O–H groups in total. The summed E-state index contributed by atoms with van der Waals surface area (Å²) in [7, 11) is 0. The first-order valence-electron chi connectivity index (χ1n) is 9.82. The van der Waals surface area contributed by atoms with Crippen LogP contribution in [0.3, 0.4) is 0 Å². The normalized spacial score (nSPS) is 29.3. The molecule has 156 valence electrons. The zero-order valence-electron chi connectivity index (χ0n) is 16.0. The molecular weight excluding hydrogens is 472 g/mol. The molecule has 1 aromatic heterocycles. The van der Waals surface area contributed by atoms with Gasteiger partial charge in [0, 0.05) is 28.2 Å². The Bertz CT molecular complexity index is 1030. The van der Waals surface area contributed by atoms with Gasteiger partial charge in [0.2, 0.25) is 0 Å². The van der Waals surface area contributed by atoms with E-state index in [2.05, 4.69) is 26.2 Å². The van der Waals surface area contributed by atoms with Gasteiger partial charge in [0.1, 0.15) is 29.7 Å². The first-order valence-corrected chi connectivity index (χ1v) is 11.0. The molecule has 1 aliphatic carbocycles. The molecule has 4 atom stereocenters. The molecule has 1 saturated carbocycles. The van der Waals surface area contributed by atoms with E-state index in [9.17, 15) is 4.79 Å². The lowest BCUT2D eigenvalue weighted by atomic mass is 9.67. The fraction of sp³-hybridized carbons (Fsp3) is 0.381. The molecule has 5 rings (SSSR count). The Morgan fingerprint density at radius 2 is 2.17 bits per heavy atom. The van der Waals surface area contributed by atoms with Gasteiger partial charge in [-0.1, -0.05) is 27.5 Å². The number of aromatic nitrogens is 1. The van der Waals surface area contributed by atoms with Crippen molar-refractivity contribution in [3.05, 3.63) is 57.3 Å². The van der Waals surface area contributed by atoms with Crippen molar-refractivity contribution >= 4 is 39.5 Å². The maximum absolute atomic E-state index is 12.7. The molecular formula is C21H20BrClN4O3. The van der Waals surface area contributed by atoms with Crippen molar-refractivity contribution in [2.75, 3.05) is 6.61 Å². The van der Waals surface area contributed by atoms with E-state index in [4.69, 9.17) is 31.8 Å². The maximum Gasteiger partial charge on any atom is 0.283 e.